The van der Waals surface area contributed by atoms with Crippen LogP contribution in [0.2, 0.25) is 0 Å². The molecule has 0 unspecified atom stereocenters. The van der Waals surface area contributed by atoms with Gasteiger partial charge in [0.1, 0.15) is 0 Å². The summed E-state index contributed by atoms with van der Waals surface area (Å²) in [5.41, 5.74) is 2.48. The maximum absolute atomic E-state index is 12.5. The van der Waals surface area contributed by atoms with Crippen LogP contribution < -0.4 is 10.2 Å². The first-order valence-electron chi connectivity index (χ1n) is 9.15. The van der Waals surface area contributed by atoms with E-state index in [0.717, 1.165) is 29.5 Å². The smallest absolute Gasteiger partial charge is 0.284 e. The van der Waals surface area contributed by atoms with Crippen molar-refractivity contribution in [2.45, 2.75) is 0 Å². The Labute approximate surface area is 184 Å². The van der Waals surface area contributed by atoms with Crippen LogP contribution in [0.25, 0.3) is 11.3 Å². The zero-order valence-corrected chi connectivity index (χ0v) is 18.1. The molecule has 0 saturated carbocycles. The summed E-state index contributed by atoms with van der Waals surface area (Å²) in [6.45, 7) is 3.11. The fraction of sp³-hybridized carbons (Fsp3) is 0.200. The first-order valence-corrected chi connectivity index (χ1v) is 10.8. The lowest BCUT2D eigenvalue weighted by Gasteiger charge is -2.26. The first-order chi connectivity index (χ1) is 14.5. The van der Waals surface area contributed by atoms with Gasteiger partial charge in [0.2, 0.25) is 0 Å². The molecule has 2 aromatic carbocycles. The van der Waals surface area contributed by atoms with E-state index in [-0.39, 0.29) is 11.3 Å². The Kier molecular flexibility index (Phi) is 6.07. The Morgan fingerprint density at radius 2 is 1.93 bits per heavy atom. The van der Waals surface area contributed by atoms with Crippen molar-refractivity contribution < 1.29 is 14.5 Å². The van der Waals surface area contributed by atoms with Gasteiger partial charge in [0.05, 0.1) is 28.3 Å². The molecule has 1 fully saturated rings. The van der Waals surface area contributed by atoms with Crippen molar-refractivity contribution in [3.8, 4) is 11.3 Å². The topological polar surface area (TPSA) is 97.6 Å². The predicted octanol–water partition coefficient (Wildman–Crippen LogP) is 4.57. The number of benzene rings is 2. The Hall–Kier alpha value is -2.82. The third-order valence-electron chi connectivity index (χ3n) is 4.62. The standard InChI is InChI=1S/C20H17BrN4O4S/c21-16-6-3-14(11-18(16)25(27)28)19(26)22-15-4-1-13(2-5-15)17-12-30-20(23-17)24-7-9-29-10-8-24/h1-6,11-12H,7-10H2,(H,22,26). The number of aromatic nitrogens is 1. The number of hydrogen-bond acceptors (Lipinski definition) is 7. The molecular formula is C20H17BrN4O4S. The summed E-state index contributed by atoms with van der Waals surface area (Å²) in [4.78, 5) is 29.9. The number of carbonyl (C=O) groups excluding carboxylic acids is 1. The van der Waals surface area contributed by atoms with Gasteiger partial charge in [-0.1, -0.05) is 12.1 Å². The number of thiazole rings is 1. The third kappa shape index (κ3) is 4.50. The predicted molar refractivity (Wildman–Crippen MR) is 119 cm³/mol. The molecule has 0 aliphatic carbocycles. The number of rotatable bonds is 5. The molecule has 0 bridgehead atoms. The number of anilines is 2. The quantitative estimate of drug-likeness (QED) is 0.417. The molecule has 10 heteroatoms. The summed E-state index contributed by atoms with van der Waals surface area (Å²) >= 11 is 4.71. The second-order valence-corrected chi connectivity index (χ2v) is 8.26. The molecule has 1 aliphatic rings. The minimum absolute atomic E-state index is 0.155. The summed E-state index contributed by atoms with van der Waals surface area (Å²) in [6, 6.07) is 11.6. The fourth-order valence-electron chi connectivity index (χ4n) is 3.02. The number of nitro groups is 1. The molecule has 0 atom stereocenters. The van der Waals surface area contributed by atoms with Crippen molar-refractivity contribution in [1.29, 1.82) is 0 Å². The van der Waals surface area contributed by atoms with Gasteiger partial charge in [0, 0.05) is 41.4 Å². The van der Waals surface area contributed by atoms with Crippen molar-refractivity contribution >= 4 is 49.7 Å². The van der Waals surface area contributed by atoms with Crippen LogP contribution >= 0.6 is 27.3 Å². The van der Waals surface area contributed by atoms with Crippen molar-refractivity contribution in [1.82, 2.24) is 4.98 Å². The molecule has 8 nitrogen and oxygen atoms in total. The van der Waals surface area contributed by atoms with Crippen LogP contribution in [0.15, 0.2) is 52.3 Å². The molecular weight excluding hydrogens is 472 g/mol. The van der Waals surface area contributed by atoms with E-state index in [2.05, 4.69) is 26.1 Å². The summed E-state index contributed by atoms with van der Waals surface area (Å²) < 4.78 is 5.71. The Balaban J connectivity index is 1.45. The van der Waals surface area contributed by atoms with Gasteiger partial charge in [0.15, 0.2) is 5.13 Å². The number of morpholine rings is 1. The number of halogens is 1. The van der Waals surface area contributed by atoms with Crippen LogP contribution in [0.4, 0.5) is 16.5 Å². The van der Waals surface area contributed by atoms with Crippen molar-refractivity contribution in [2.24, 2.45) is 0 Å². The number of nitrogens with zero attached hydrogens (tertiary/aromatic N) is 3. The first kappa shape index (κ1) is 20.5. The van der Waals surface area contributed by atoms with Crippen molar-refractivity contribution in [3.63, 3.8) is 0 Å². The summed E-state index contributed by atoms with van der Waals surface area (Å²) in [5, 5.41) is 16.8. The van der Waals surface area contributed by atoms with Crippen LogP contribution in [0.5, 0.6) is 0 Å². The number of ether oxygens (including phenoxy) is 1. The normalized spacial score (nSPS) is 13.8. The van der Waals surface area contributed by atoms with E-state index in [4.69, 9.17) is 9.72 Å². The van der Waals surface area contributed by atoms with Gasteiger partial charge < -0.3 is 15.0 Å². The van der Waals surface area contributed by atoms with E-state index in [1.165, 1.54) is 18.2 Å². The largest absolute Gasteiger partial charge is 0.378 e. The SMILES string of the molecule is O=C(Nc1ccc(-c2csc(N3CCOCC3)n2)cc1)c1ccc(Br)c([N+](=O)[O-])c1. The number of amides is 1. The molecule has 3 aromatic rings. The second-order valence-electron chi connectivity index (χ2n) is 6.57. The van der Waals surface area contributed by atoms with Gasteiger partial charge in [-0.05, 0) is 40.2 Å². The zero-order chi connectivity index (χ0) is 21.1. The van der Waals surface area contributed by atoms with E-state index in [1.54, 1.807) is 23.5 Å². The van der Waals surface area contributed by atoms with E-state index >= 15 is 0 Å². The lowest BCUT2D eigenvalue weighted by Crippen LogP contribution is -2.36. The molecule has 1 saturated heterocycles. The Morgan fingerprint density at radius 1 is 1.20 bits per heavy atom. The van der Waals surface area contributed by atoms with Crippen LogP contribution in [-0.4, -0.2) is 42.1 Å². The zero-order valence-electron chi connectivity index (χ0n) is 15.7. The van der Waals surface area contributed by atoms with Gasteiger partial charge in [-0.3, -0.25) is 14.9 Å². The second kappa shape index (κ2) is 8.90. The molecule has 1 aromatic heterocycles. The molecule has 2 heterocycles. The van der Waals surface area contributed by atoms with Gasteiger partial charge >= 0.3 is 0 Å². The molecule has 1 amide bonds. The number of hydrogen-bond donors (Lipinski definition) is 1. The van der Waals surface area contributed by atoms with Crippen molar-refractivity contribution in [3.05, 3.63) is 68.0 Å². The average Bonchev–Trinajstić information content (AvgIpc) is 3.25. The highest BCUT2D eigenvalue weighted by molar-refractivity contribution is 9.10. The van der Waals surface area contributed by atoms with E-state index in [9.17, 15) is 14.9 Å². The van der Waals surface area contributed by atoms with Gasteiger partial charge in [-0.15, -0.1) is 11.3 Å². The lowest BCUT2D eigenvalue weighted by atomic mass is 10.1. The maximum Gasteiger partial charge on any atom is 0.284 e. The maximum atomic E-state index is 12.5. The molecule has 1 N–H and O–H groups in total. The highest BCUT2D eigenvalue weighted by Crippen LogP contribution is 2.29. The minimum Gasteiger partial charge on any atom is -0.378 e. The Morgan fingerprint density at radius 3 is 2.63 bits per heavy atom. The summed E-state index contributed by atoms with van der Waals surface area (Å²) in [7, 11) is 0. The molecule has 4 rings (SSSR count). The van der Waals surface area contributed by atoms with E-state index < -0.39 is 10.8 Å². The molecule has 1 aliphatic heterocycles. The van der Waals surface area contributed by atoms with Gasteiger partial charge in [-0.2, -0.15) is 0 Å². The molecule has 0 radical (unpaired) electrons. The number of carbonyl (C=O) groups is 1. The fourth-order valence-corrected chi connectivity index (χ4v) is 4.30. The van der Waals surface area contributed by atoms with Crippen molar-refractivity contribution in [2.75, 3.05) is 36.5 Å². The van der Waals surface area contributed by atoms with Crippen LogP contribution in [-0.2, 0) is 4.74 Å². The highest BCUT2D eigenvalue weighted by atomic mass is 79.9. The third-order valence-corrected chi connectivity index (χ3v) is 6.19. The van der Waals surface area contributed by atoms with Gasteiger partial charge in [0.25, 0.3) is 11.6 Å². The van der Waals surface area contributed by atoms with Crippen LogP contribution in [0, 0.1) is 10.1 Å². The molecule has 0 spiro atoms. The number of nitro benzene ring substituents is 1. The molecule has 154 valence electrons. The number of nitrogens with one attached hydrogen (secondary N) is 1. The van der Waals surface area contributed by atoms with E-state index in [1.807, 2.05) is 17.5 Å². The monoisotopic (exact) mass is 488 g/mol. The van der Waals surface area contributed by atoms with Gasteiger partial charge in [-0.25, -0.2) is 4.98 Å². The Bertz CT molecular complexity index is 1080. The summed E-state index contributed by atoms with van der Waals surface area (Å²) in [6.07, 6.45) is 0. The lowest BCUT2D eigenvalue weighted by molar-refractivity contribution is -0.385. The van der Waals surface area contributed by atoms with E-state index in [0.29, 0.717) is 23.4 Å². The minimum atomic E-state index is -0.533. The summed E-state index contributed by atoms with van der Waals surface area (Å²) in [5.74, 6) is -0.415. The average molecular weight is 489 g/mol. The highest BCUT2D eigenvalue weighted by Gasteiger charge is 2.17. The molecule has 30 heavy (non-hydrogen) atoms. The van der Waals surface area contributed by atoms with Crippen LogP contribution in [0.1, 0.15) is 10.4 Å². The van der Waals surface area contributed by atoms with Crippen LogP contribution in [0.3, 0.4) is 0 Å².